The van der Waals surface area contributed by atoms with Crippen LogP contribution in [0.5, 0.6) is 5.75 Å². The first-order chi connectivity index (χ1) is 17.7. The van der Waals surface area contributed by atoms with Crippen LogP contribution in [0.1, 0.15) is 38.7 Å². The largest absolute Gasteiger partial charge is 0.418 e. The van der Waals surface area contributed by atoms with Gasteiger partial charge in [0.15, 0.2) is 0 Å². The maximum Gasteiger partial charge on any atom is 0.372 e. The molecule has 1 saturated heterocycles. The molecule has 37 heavy (non-hydrogen) atoms. The van der Waals surface area contributed by atoms with Gasteiger partial charge in [-0.25, -0.2) is 4.79 Å². The van der Waals surface area contributed by atoms with Crippen molar-refractivity contribution in [2.45, 2.75) is 45.8 Å². The SMILES string of the molecule is C=C/C=C\C(=C/C)CCNC(=O)[C@@H]1CCCN1C(=O)[C@H](C)CSC(=O)Oc1cccc(CO[N+](=O)[O-])c1. The molecule has 1 fully saturated rings. The number of carbonyl (C=O) groups is 3. The molecule has 0 aliphatic carbocycles. The number of allylic oxidation sites excluding steroid dienone is 4. The van der Waals surface area contributed by atoms with Crippen LogP contribution in [0.25, 0.3) is 0 Å². The lowest BCUT2D eigenvalue weighted by molar-refractivity contribution is -0.763. The maximum atomic E-state index is 13.0. The van der Waals surface area contributed by atoms with Gasteiger partial charge < -0.3 is 19.8 Å². The standard InChI is InChI=1S/C26H33N3O7S/c1-4-6-9-20(5-2)13-14-27-24(30)23-12-8-15-28(23)25(31)19(3)18-37-26(32)36-22-11-7-10-21(16-22)17-35-29(33)34/h4-7,9-11,16,19,23H,1,8,12-15,17-18H2,2-3H3,(H,27,30)/b9-6-,20-5+/t19-,23+/m1/s1. The number of hydrogen-bond donors (Lipinski definition) is 1. The summed E-state index contributed by atoms with van der Waals surface area (Å²) in [4.78, 5) is 54.3. The second-order valence-corrected chi connectivity index (χ2v) is 9.35. The lowest BCUT2D eigenvalue weighted by atomic mass is 10.1. The predicted molar refractivity (Wildman–Crippen MR) is 141 cm³/mol. The van der Waals surface area contributed by atoms with E-state index < -0.39 is 22.3 Å². The number of thioether (sulfide) groups is 1. The summed E-state index contributed by atoms with van der Waals surface area (Å²) in [5.41, 5.74) is 1.55. The predicted octanol–water partition coefficient (Wildman–Crippen LogP) is 4.45. The molecule has 1 N–H and O–H groups in total. The highest BCUT2D eigenvalue weighted by Crippen LogP contribution is 2.23. The summed E-state index contributed by atoms with van der Waals surface area (Å²) in [5.74, 6) is -0.440. The molecule has 1 aliphatic rings. The zero-order chi connectivity index (χ0) is 27.2. The first kappa shape index (κ1) is 29.6. The molecule has 1 aromatic rings. The summed E-state index contributed by atoms with van der Waals surface area (Å²) >= 11 is 0.858. The first-order valence-electron chi connectivity index (χ1n) is 12.0. The Balaban J connectivity index is 1.82. The molecule has 0 aromatic heterocycles. The van der Waals surface area contributed by atoms with Crippen LogP contribution in [0.2, 0.25) is 0 Å². The van der Waals surface area contributed by atoms with Crippen molar-refractivity contribution < 1.29 is 29.0 Å². The number of hydrogen-bond acceptors (Lipinski definition) is 8. The molecule has 0 saturated carbocycles. The Kier molecular flexibility index (Phi) is 12.4. The van der Waals surface area contributed by atoms with Crippen LogP contribution >= 0.6 is 11.8 Å². The minimum Gasteiger partial charge on any atom is -0.418 e. The van der Waals surface area contributed by atoms with Crippen LogP contribution < -0.4 is 10.1 Å². The Labute approximate surface area is 220 Å². The maximum absolute atomic E-state index is 13.0. The molecular weight excluding hydrogens is 498 g/mol. The third-order valence-electron chi connectivity index (χ3n) is 5.68. The van der Waals surface area contributed by atoms with E-state index in [1.54, 1.807) is 36.1 Å². The van der Waals surface area contributed by atoms with Gasteiger partial charge in [-0.3, -0.25) is 9.59 Å². The van der Waals surface area contributed by atoms with E-state index in [9.17, 15) is 24.5 Å². The number of carbonyl (C=O) groups excluding carboxylic acids is 3. The lowest BCUT2D eigenvalue weighted by Crippen LogP contribution is -2.48. The van der Waals surface area contributed by atoms with Gasteiger partial charge in [0.1, 0.15) is 18.4 Å². The summed E-state index contributed by atoms with van der Waals surface area (Å²) in [6.45, 7) is 8.01. The van der Waals surface area contributed by atoms with Gasteiger partial charge in [0, 0.05) is 24.8 Å². The Bertz CT molecular complexity index is 1040. The summed E-state index contributed by atoms with van der Waals surface area (Å²) < 4.78 is 5.27. The van der Waals surface area contributed by atoms with Crippen molar-refractivity contribution in [1.82, 2.24) is 10.2 Å². The average Bonchev–Trinajstić information content (AvgIpc) is 3.38. The van der Waals surface area contributed by atoms with Gasteiger partial charge in [0.05, 0.1) is 0 Å². The molecule has 200 valence electrons. The van der Waals surface area contributed by atoms with Crippen molar-refractivity contribution >= 4 is 28.9 Å². The molecule has 2 atom stereocenters. The Morgan fingerprint density at radius 3 is 2.86 bits per heavy atom. The number of benzene rings is 1. The molecule has 10 nitrogen and oxygen atoms in total. The third kappa shape index (κ3) is 10.1. The second kappa shape index (κ2) is 15.5. The number of nitrogens with one attached hydrogen (secondary N) is 1. The normalized spacial score (nSPS) is 16.3. The van der Waals surface area contributed by atoms with Crippen molar-refractivity contribution in [2.75, 3.05) is 18.8 Å². The molecule has 0 spiro atoms. The zero-order valence-corrected chi connectivity index (χ0v) is 21.9. The lowest BCUT2D eigenvalue weighted by Gasteiger charge is -2.26. The van der Waals surface area contributed by atoms with Gasteiger partial charge >= 0.3 is 5.30 Å². The Morgan fingerprint density at radius 2 is 2.16 bits per heavy atom. The van der Waals surface area contributed by atoms with Gasteiger partial charge in [-0.2, -0.15) is 0 Å². The molecule has 1 aromatic carbocycles. The zero-order valence-electron chi connectivity index (χ0n) is 21.1. The molecule has 11 heteroatoms. The van der Waals surface area contributed by atoms with Crippen molar-refractivity contribution in [1.29, 1.82) is 0 Å². The fourth-order valence-corrected chi connectivity index (χ4v) is 4.45. The van der Waals surface area contributed by atoms with E-state index in [0.717, 1.165) is 23.8 Å². The van der Waals surface area contributed by atoms with E-state index >= 15 is 0 Å². The van der Waals surface area contributed by atoms with E-state index in [4.69, 9.17) is 4.74 Å². The number of nitrogens with zero attached hydrogens (tertiary/aromatic N) is 2. The molecule has 2 amide bonds. The van der Waals surface area contributed by atoms with Gasteiger partial charge in [0.2, 0.25) is 11.8 Å². The smallest absolute Gasteiger partial charge is 0.372 e. The minimum absolute atomic E-state index is 0.172. The first-order valence-corrected chi connectivity index (χ1v) is 13.0. The quantitative estimate of drug-likeness (QED) is 0.171. The average molecular weight is 532 g/mol. The summed E-state index contributed by atoms with van der Waals surface area (Å²) in [6.07, 6.45) is 9.47. The fraction of sp³-hybridized carbons (Fsp3) is 0.423. The van der Waals surface area contributed by atoms with Crippen LogP contribution in [0.3, 0.4) is 0 Å². The summed E-state index contributed by atoms with van der Waals surface area (Å²) in [7, 11) is 0. The van der Waals surface area contributed by atoms with Crippen molar-refractivity contribution in [3.8, 4) is 5.75 Å². The van der Waals surface area contributed by atoms with E-state index in [1.807, 2.05) is 25.2 Å². The van der Waals surface area contributed by atoms with Crippen molar-refractivity contribution in [2.24, 2.45) is 5.92 Å². The Morgan fingerprint density at radius 1 is 1.38 bits per heavy atom. The van der Waals surface area contributed by atoms with E-state index in [0.29, 0.717) is 31.5 Å². The molecule has 0 radical (unpaired) electrons. The summed E-state index contributed by atoms with van der Waals surface area (Å²) in [5, 5.41) is 11.8. The number of likely N-dealkylation sites (tertiary alicyclic amines) is 1. The van der Waals surface area contributed by atoms with Crippen LogP contribution in [0.15, 0.2) is 60.7 Å². The van der Waals surface area contributed by atoms with Crippen LogP contribution in [-0.4, -0.2) is 52.0 Å². The van der Waals surface area contributed by atoms with Gasteiger partial charge in [-0.15, -0.1) is 10.1 Å². The molecular formula is C26H33N3O7S. The van der Waals surface area contributed by atoms with Crippen LogP contribution in [0.4, 0.5) is 4.79 Å². The highest BCUT2D eigenvalue weighted by Gasteiger charge is 2.35. The number of ether oxygens (including phenoxy) is 1. The summed E-state index contributed by atoms with van der Waals surface area (Å²) in [6, 6.07) is 5.70. The minimum atomic E-state index is -0.898. The molecule has 2 rings (SSSR count). The highest BCUT2D eigenvalue weighted by atomic mass is 32.2. The topological polar surface area (TPSA) is 128 Å². The van der Waals surface area contributed by atoms with E-state index in [1.165, 1.54) is 6.07 Å². The van der Waals surface area contributed by atoms with Crippen LogP contribution in [-0.2, 0) is 21.0 Å². The monoisotopic (exact) mass is 531 g/mol. The van der Waals surface area contributed by atoms with E-state index in [-0.39, 0.29) is 29.9 Å². The molecule has 1 aliphatic heterocycles. The van der Waals surface area contributed by atoms with Crippen molar-refractivity contribution in [3.63, 3.8) is 0 Å². The molecule has 0 bridgehead atoms. The fourth-order valence-electron chi connectivity index (χ4n) is 3.77. The van der Waals surface area contributed by atoms with Crippen LogP contribution in [0, 0.1) is 16.0 Å². The molecule has 0 unspecified atom stereocenters. The van der Waals surface area contributed by atoms with Crippen molar-refractivity contribution in [3.05, 3.63) is 76.4 Å². The highest BCUT2D eigenvalue weighted by molar-refractivity contribution is 8.13. The van der Waals surface area contributed by atoms with Gasteiger partial charge in [-0.05, 0) is 55.6 Å². The third-order valence-corrected chi connectivity index (χ3v) is 6.66. The van der Waals surface area contributed by atoms with Gasteiger partial charge in [0.25, 0.3) is 5.09 Å². The number of amides is 2. The molecule has 1 heterocycles. The van der Waals surface area contributed by atoms with Gasteiger partial charge in [-0.1, -0.05) is 55.5 Å². The Hall–Kier alpha value is -3.60. The number of rotatable bonds is 13. The second-order valence-electron chi connectivity index (χ2n) is 8.40. The van der Waals surface area contributed by atoms with E-state index in [2.05, 4.69) is 16.7 Å².